The number of carbonyl (C=O) groups excluding carboxylic acids is 4. The van der Waals surface area contributed by atoms with Gasteiger partial charge in [0.2, 0.25) is 23.6 Å². The van der Waals surface area contributed by atoms with Gasteiger partial charge in [0, 0.05) is 141 Å². The number of alkyl halides is 4. The second kappa shape index (κ2) is 32.6. The van der Waals surface area contributed by atoms with Crippen molar-refractivity contribution in [3.8, 4) is 0 Å². The summed E-state index contributed by atoms with van der Waals surface area (Å²) in [5.74, 6) is 3.11. The zero-order valence-corrected chi connectivity index (χ0v) is 67.6. The topological polar surface area (TPSA) is 299 Å². The molecule has 12 heterocycles. The molecule has 4 amide bonds. The summed E-state index contributed by atoms with van der Waals surface area (Å²) >= 11 is 0. The second-order valence-corrected chi connectivity index (χ2v) is 34.7. The van der Waals surface area contributed by atoms with Crippen LogP contribution in [0, 0.1) is 11.8 Å². The van der Waals surface area contributed by atoms with E-state index >= 15 is 0 Å². The minimum Gasteiger partial charge on any atom is -0.365 e. The van der Waals surface area contributed by atoms with Gasteiger partial charge in [0.1, 0.15) is 93.8 Å². The van der Waals surface area contributed by atoms with Gasteiger partial charge in [0.15, 0.2) is 0 Å². The molecule has 4 aliphatic carbocycles. The largest absolute Gasteiger partial charge is 0.365 e. The van der Waals surface area contributed by atoms with Crippen LogP contribution >= 0.6 is 0 Å². The van der Waals surface area contributed by atoms with Crippen molar-refractivity contribution in [2.24, 2.45) is 11.8 Å². The number of nitrogens with zero attached hydrogens (tertiary/aromatic N) is 13. The Morgan fingerprint density at radius 1 is 0.478 bits per heavy atom. The molecule has 8 fully saturated rings. The Labute approximate surface area is 658 Å². The molecule has 4 saturated heterocycles. The van der Waals surface area contributed by atoms with E-state index in [0.717, 1.165) is 102 Å². The number of halogens is 4. The lowest BCUT2D eigenvalue weighted by Crippen LogP contribution is -2.52. The number of aromatic amines is 4. The summed E-state index contributed by atoms with van der Waals surface area (Å²) in [6, 6.07) is 1.16. The molecule has 8 N–H and O–H groups in total. The van der Waals surface area contributed by atoms with Crippen molar-refractivity contribution in [3.63, 3.8) is 0 Å². The number of likely N-dealkylation sites (N-methyl/N-ethyl adjacent to an activating group) is 1. The molecule has 0 bridgehead atoms. The number of piperidine rings is 4. The lowest BCUT2D eigenvalue weighted by atomic mass is 9.90. The van der Waals surface area contributed by atoms with Gasteiger partial charge in [-0.3, -0.25) is 19.2 Å². The third-order valence-corrected chi connectivity index (χ3v) is 24.7. The highest BCUT2D eigenvalue weighted by Crippen LogP contribution is 2.59. The van der Waals surface area contributed by atoms with Crippen LogP contribution in [0.15, 0.2) is 99.7 Å². The quantitative estimate of drug-likeness (QED) is 0.0260. The molecule has 0 spiro atoms. The Hall–Kier alpha value is -9.80. The maximum absolute atomic E-state index is 14.4. The van der Waals surface area contributed by atoms with Crippen LogP contribution in [0.5, 0.6) is 0 Å². The molecule has 8 aromatic rings. The van der Waals surface area contributed by atoms with Crippen molar-refractivity contribution in [2.45, 2.75) is 248 Å². The SMILES string of the molecule is C=C(C)C(=O)N1C[C@H](Nc2ncnc3[nH]cc([C@H]4CC4(C)F)c23)CC[C@@H]1C.C=CC(=O)N1C[C@H](Nc2ncnc3[nH]cc([C@@H]4CC4(C)F)c23)CC[C@@H]1C(C)C.C=CC(=O)N1C[C@H](Nc2ncnc3[nH]cc([C@H]4CC4(C)F)c23)CC[C@@H]1C(C)C.C[C@H]1CC[C@@H](Nc2ncnc3[nH]cc([C@@H]4CC4(C)F)c23)CN1C(=O)/C=C/CN(C)C. The molecular weight excluding hydrogens is 1440 g/mol. The van der Waals surface area contributed by atoms with E-state index in [4.69, 9.17) is 0 Å². The number of hydrogen-bond acceptors (Lipinski definition) is 17. The van der Waals surface area contributed by atoms with E-state index in [1.807, 2.05) is 69.5 Å². The number of likely N-dealkylation sites (tertiary alicyclic amines) is 4. The van der Waals surface area contributed by atoms with Crippen LogP contribution in [-0.4, -0.2) is 226 Å². The van der Waals surface area contributed by atoms with Crippen LogP contribution < -0.4 is 21.3 Å². The molecule has 4 unspecified atom stereocenters. The first-order valence-corrected chi connectivity index (χ1v) is 40.2. The van der Waals surface area contributed by atoms with E-state index < -0.39 is 22.7 Å². The number of carbonyl (C=O) groups is 4. The number of aromatic nitrogens is 12. The molecule has 25 nitrogen and oxygen atoms in total. The Morgan fingerprint density at radius 2 is 0.761 bits per heavy atom. The molecule has 113 heavy (non-hydrogen) atoms. The summed E-state index contributed by atoms with van der Waals surface area (Å²) in [6.07, 6.45) is 29.4. The summed E-state index contributed by atoms with van der Waals surface area (Å²) in [6.45, 7) is 35.3. The van der Waals surface area contributed by atoms with Gasteiger partial charge in [-0.05, 0) is 186 Å². The molecule has 16 atom stereocenters. The van der Waals surface area contributed by atoms with Crippen molar-refractivity contribution in [3.05, 3.63) is 122 Å². The number of anilines is 4. The maximum Gasteiger partial charge on any atom is 0.249 e. The van der Waals surface area contributed by atoms with Gasteiger partial charge in [-0.2, -0.15) is 0 Å². The number of hydrogen-bond donors (Lipinski definition) is 8. The number of fused-ring (bicyclic) bond motifs is 4. The van der Waals surface area contributed by atoms with E-state index in [1.165, 1.54) is 37.5 Å². The molecule has 29 heteroatoms. The van der Waals surface area contributed by atoms with Gasteiger partial charge in [0.25, 0.3) is 0 Å². The third-order valence-electron chi connectivity index (χ3n) is 24.7. The molecule has 8 aromatic heterocycles. The fourth-order valence-electron chi connectivity index (χ4n) is 17.4. The van der Waals surface area contributed by atoms with E-state index in [9.17, 15) is 36.7 Å². The van der Waals surface area contributed by atoms with Crippen molar-refractivity contribution < 1.29 is 36.7 Å². The summed E-state index contributed by atoms with van der Waals surface area (Å²) in [4.78, 5) is 107. The van der Waals surface area contributed by atoms with Crippen molar-refractivity contribution in [1.29, 1.82) is 0 Å². The maximum atomic E-state index is 14.4. The average molecular weight is 1560 g/mol. The number of H-pyrrole nitrogens is 4. The minimum absolute atomic E-state index is 0.00431. The van der Waals surface area contributed by atoms with Crippen molar-refractivity contribution in [2.75, 3.05) is 68.1 Å². The standard InChI is InChI=1S/C22H31FN6O.2C21H28FN5O.C20H26FN5O/c1-14-7-8-15(12-29(14)18(30)6-5-9-28(3)4)27-21-19-16(17-10-22(17,2)23)11-24-20(19)25-13-26-21;2*1-5-17(28)27-10-13(6-7-16(27)12(2)3)26-20-18-14(15-8-21(15,4)22)9-23-19(18)24-11-25-20;1-11(2)19(27)26-9-13(6-5-12(26)3)25-18-16-14(15-7-20(15,4)21)8-22-17(16)23-10-24-18/h5-6,11,13-15,17H,7-10,12H2,1-4H3,(H2,24,25,26,27);2*5,9,11-13,15-16H,1,6-8,10H2,2-4H3,(H2,23,24,25,26);8,10,12-13,15H,1,5-7,9H2,2-4H3,(H2,22,23,24,25)/b6-5+;;;/t14-,15+,17-,22?;13-,15+,16-,21?;13-,15-,16-,21?;12-,13+,15+,20?/m0110/s1. The van der Waals surface area contributed by atoms with Gasteiger partial charge in [-0.15, -0.1) is 0 Å². The van der Waals surface area contributed by atoms with Crippen molar-refractivity contribution >= 4 is 91.0 Å². The Bertz CT molecular complexity index is 4720. The highest BCUT2D eigenvalue weighted by Gasteiger charge is 2.56. The van der Waals surface area contributed by atoms with Gasteiger partial charge in [-0.1, -0.05) is 53.5 Å². The highest BCUT2D eigenvalue weighted by atomic mass is 19.2. The molecule has 0 aromatic carbocycles. The van der Waals surface area contributed by atoms with Crippen LogP contribution in [0.4, 0.5) is 40.8 Å². The molecule has 606 valence electrons. The van der Waals surface area contributed by atoms with Gasteiger partial charge in [0.05, 0.1) is 21.5 Å². The van der Waals surface area contributed by atoms with E-state index in [-0.39, 0.29) is 95.6 Å². The van der Waals surface area contributed by atoms with Crippen molar-refractivity contribution in [1.82, 2.24) is 84.3 Å². The number of rotatable bonds is 20. The smallest absolute Gasteiger partial charge is 0.249 e. The molecule has 4 saturated carbocycles. The van der Waals surface area contributed by atoms with Crippen LogP contribution in [0.1, 0.15) is 199 Å². The zero-order valence-electron chi connectivity index (χ0n) is 67.6. The predicted molar refractivity (Wildman–Crippen MR) is 436 cm³/mol. The molecule has 0 radical (unpaired) electrons. The highest BCUT2D eigenvalue weighted by molar-refractivity contribution is 5.96. The summed E-state index contributed by atoms with van der Waals surface area (Å²) in [5, 5.41) is 17.5. The number of amides is 4. The third kappa shape index (κ3) is 17.8. The lowest BCUT2D eigenvalue weighted by molar-refractivity contribution is -0.131. The second-order valence-electron chi connectivity index (χ2n) is 34.7. The molecule has 4 aliphatic heterocycles. The number of nitrogens with one attached hydrogen (secondary N) is 8. The van der Waals surface area contributed by atoms with Crippen LogP contribution in [0.2, 0.25) is 0 Å². The lowest BCUT2D eigenvalue weighted by Gasteiger charge is -2.41. The average Bonchev–Trinajstić information content (AvgIpc) is 1.60. The zero-order chi connectivity index (χ0) is 80.9. The van der Waals surface area contributed by atoms with Crippen LogP contribution in [0.25, 0.3) is 44.1 Å². The molecule has 8 aliphatic rings. The predicted octanol–water partition coefficient (Wildman–Crippen LogP) is 14.2. The Morgan fingerprint density at radius 3 is 1.04 bits per heavy atom. The Kier molecular flexibility index (Phi) is 23.4. The Balaban J connectivity index is 0.000000132. The van der Waals surface area contributed by atoms with E-state index in [1.54, 1.807) is 40.7 Å². The first kappa shape index (κ1) is 81.2. The fraction of sp³-hybridized carbons (Fsp3) is 0.571. The van der Waals surface area contributed by atoms with E-state index in [0.29, 0.717) is 115 Å². The normalized spacial score (nSPS) is 29.8. The molecular formula is C84H113F4N21O4. The van der Waals surface area contributed by atoms with E-state index in [2.05, 4.69) is 142 Å². The summed E-state index contributed by atoms with van der Waals surface area (Å²) in [7, 11) is 3.95. The first-order chi connectivity index (χ1) is 53.7. The summed E-state index contributed by atoms with van der Waals surface area (Å²) in [5.41, 5.74) is 2.48. The van der Waals surface area contributed by atoms with Crippen LogP contribution in [0.3, 0.4) is 0 Å². The molecule has 16 rings (SSSR count). The van der Waals surface area contributed by atoms with Gasteiger partial charge >= 0.3 is 0 Å². The summed E-state index contributed by atoms with van der Waals surface area (Å²) < 4.78 is 57.3. The van der Waals surface area contributed by atoms with Gasteiger partial charge < -0.3 is 65.7 Å². The van der Waals surface area contributed by atoms with Crippen LogP contribution in [-0.2, 0) is 19.2 Å². The van der Waals surface area contributed by atoms with Gasteiger partial charge in [-0.25, -0.2) is 57.4 Å². The first-order valence-electron chi connectivity index (χ1n) is 40.2. The monoisotopic (exact) mass is 1560 g/mol. The minimum atomic E-state index is -1.16. The fourth-order valence-corrected chi connectivity index (χ4v) is 17.4.